The van der Waals surface area contributed by atoms with Gasteiger partial charge in [-0.3, -0.25) is 28.7 Å². The van der Waals surface area contributed by atoms with Crippen LogP contribution >= 0.6 is 0 Å². The monoisotopic (exact) mass is 626 g/mol. The molecule has 3 unspecified atom stereocenters. The van der Waals surface area contributed by atoms with Gasteiger partial charge in [0.15, 0.2) is 17.3 Å². The lowest BCUT2D eigenvalue weighted by atomic mass is 9.95. The summed E-state index contributed by atoms with van der Waals surface area (Å²) in [6.07, 6.45) is -9.32. The Bertz CT molecular complexity index is 1300. The van der Waals surface area contributed by atoms with Gasteiger partial charge in [-0.2, -0.15) is 0 Å². The van der Waals surface area contributed by atoms with Crippen LogP contribution in [0.3, 0.4) is 0 Å². The zero-order valence-electron chi connectivity index (χ0n) is 22.1. The number of alkyl halides is 6. The number of carbonyl (C=O) groups is 5. The number of likely N-dealkylation sites (tertiary alicyclic amines) is 1. The molecule has 3 fully saturated rings. The van der Waals surface area contributed by atoms with E-state index in [1.807, 2.05) is 5.32 Å². The summed E-state index contributed by atoms with van der Waals surface area (Å²) in [6.45, 7) is -1.30. The number of ether oxygens (including phenoxy) is 2. The zero-order valence-corrected chi connectivity index (χ0v) is 22.1. The molecule has 3 aliphatic rings. The second kappa shape index (κ2) is 12.0. The van der Waals surface area contributed by atoms with Gasteiger partial charge in [-0.05, 0) is 49.7 Å². The van der Waals surface area contributed by atoms with Crippen LogP contribution in [0.5, 0.6) is 5.75 Å². The lowest BCUT2D eigenvalue weighted by Gasteiger charge is -2.26. The number of amides is 4. The second-order valence-corrected chi connectivity index (χ2v) is 10.5. The van der Waals surface area contributed by atoms with Crippen molar-refractivity contribution in [2.75, 3.05) is 25.0 Å². The highest BCUT2D eigenvalue weighted by atomic mass is 19.4. The number of carbonyl (C=O) groups excluding carboxylic acids is 5. The standard InChI is InChI=1S/C25H25F7N4O7/c26-18-13(2-1-3-17(18)43-25(30,31)32)34-21(40)22(41)36-11-23(5-6-23)9-15(36)20(39)35-14(8-12-4-7-33-19(12)38)16(37)10-42-24(27,28)29/h1-3,12,14-15H,4-11H2,(H,33,38)(H,34,40)(H,35,39). The predicted octanol–water partition coefficient (Wildman–Crippen LogP) is 2.16. The smallest absolute Gasteiger partial charge is 0.403 e. The van der Waals surface area contributed by atoms with Gasteiger partial charge < -0.3 is 25.6 Å². The summed E-state index contributed by atoms with van der Waals surface area (Å²) in [4.78, 5) is 64.7. The van der Waals surface area contributed by atoms with E-state index in [-0.39, 0.29) is 32.4 Å². The first kappa shape index (κ1) is 32.0. The van der Waals surface area contributed by atoms with Crippen LogP contribution < -0.4 is 20.7 Å². The molecular formula is C25H25F7N4O7. The van der Waals surface area contributed by atoms with Gasteiger partial charge in [0, 0.05) is 19.0 Å². The fourth-order valence-electron chi connectivity index (χ4n) is 5.11. The van der Waals surface area contributed by atoms with Crippen LogP contribution in [0, 0.1) is 17.2 Å². The molecule has 18 heteroatoms. The number of hydrogen-bond acceptors (Lipinski definition) is 7. The second-order valence-electron chi connectivity index (χ2n) is 10.5. The number of Topliss-reactive ketones (excluding diaryl/α,β-unsaturated/α-hetero) is 1. The number of anilines is 1. The summed E-state index contributed by atoms with van der Waals surface area (Å²) in [5.74, 6) is -9.16. The van der Waals surface area contributed by atoms with E-state index in [2.05, 4.69) is 20.1 Å². The van der Waals surface area contributed by atoms with E-state index >= 15 is 0 Å². The fraction of sp³-hybridized carbons (Fsp3) is 0.560. The van der Waals surface area contributed by atoms with Crippen LogP contribution in [-0.4, -0.2) is 78.8 Å². The number of ketones is 1. The molecule has 1 aromatic rings. The van der Waals surface area contributed by atoms with Gasteiger partial charge in [0.2, 0.25) is 11.8 Å². The van der Waals surface area contributed by atoms with E-state index in [1.54, 1.807) is 0 Å². The average Bonchev–Trinajstić information content (AvgIpc) is 3.37. The van der Waals surface area contributed by atoms with Crippen LogP contribution in [0.4, 0.5) is 36.4 Å². The van der Waals surface area contributed by atoms with Gasteiger partial charge >= 0.3 is 24.5 Å². The highest BCUT2D eigenvalue weighted by Crippen LogP contribution is 2.54. The van der Waals surface area contributed by atoms with Crippen molar-refractivity contribution >= 4 is 35.1 Å². The summed E-state index contributed by atoms with van der Waals surface area (Å²) in [6, 6.07) is -0.527. The maximum absolute atomic E-state index is 14.5. The summed E-state index contributed by atoms with van der Waals surface area (Å²) >= 11 is 0. The Kier molecular flexibility index (Phi) is 8.90. The summed E-state index contributed by atoms with van der Waals surface area (Å²) in [5.41, 5.74) is -1.36. The van der Waals surface area contributed by atoms with Crippen molar-refractivity contribution in [1.29, 1.82) is 0 Å². The number of nitrogens with zero attached hydrogens (tertiary/aromatic N) is 1. The van der Waals surface area contributed by atoms with E-state index in [4.69, 9.17) is 0 Å². The fourth-order valence-corrected chi connectivity index (χ4v) is 5.11. The van der Waals surface area contributed by atoms with Gasteiger partial charge in [0.1, 0.15) is 12.6 Å². The van der Waals surface area contributed by atoms with Crippen LogP contribution in [-0.2, 0) is 28.7 Å². The first-order valence-corrected chi connectivity index (χ1v) is 12.9. The molecule has 43 heavy (non-hydrogen) atoms. The van der Waals surface area contributed by atoms with Crippen molar-refractivity contribution in [1.82, 2.24) is 15.5 Å². The van der Waals surface area contributed by atoms with Crippen molar-refractivity contribution in [3.05, 3.63) is 24.0 Å². The quantitative estimate of drug-likeness (QED) is 0.282. The molecule has 1 aliphatic carbocycles. The lowest BCUT2D eigenvalue weighted by molar-refractivity contribution is -0.321. The van der Waals surface area contributed by atoms with Crippen molar-refractivity contribution in [2.24, 2.45) is 11.3 Å². The van der Waals surface area contributed by atoms with E-state index in [0.29, 0.717) is 18.9 Å². The Morgan fingerprint density at radius 2 is 1.79 bits per heavy atom. The Morgan fingerprint density at radius 1 is 1.09 bits per heavy atom. The molecule has 2 saturated heterocycles. The molecule has 2 heterocycles. The molecule has 1 aromatic carbocycles. The number of halogens is 7. The molecule has 11 nitrogen and oxygen atoms in total. The first-order valence-electron chi connectivity index (χ1n) is 12.9. The Hall–Kier alpha value is -3.96. The highest BCUT2D eigenvalue weighted by molar-refractivity contribution is 6.40. The molecule has 3 N–H and O–H groups in total. The number of rotatable bonds is 9. The SMILES string of the molecule is O=C(Nc1cccc(OC(F)(F)F)c1F)C(=O)N1CC2(CC2)CC1C(=O)NC(CC1CCNC1=O)C(=O)COC(F)(F)F. The van der Waals surface area contributed by atoms with Crippen molar-refractivity contribution in [2.45, 2.75) is 56.9 Å². The highest BCUT2D eigenvalue weighted by Gasteiger charge is 2.56. The molecule has 4 rings (SSSR count). The molecule has 1 spiro atoms. The number of nitrogens with one attached hydrogen (secondary N) is 3. The Labute approximate surface area is 238 Å². The van der Waals surface area contributed by atoms with Gasteiger partial charge in [-0.1, -0.05) is 6.07 Å². The minimum Gasteiger partial charge on any atom is -0.403 e. The molecule has 3 atom stereocenters. The minimum absolute atomic E-state index is 0.0327. The van der Waals surface area contributed by atoms with Crippen molar-refractivity contribution in [3.8, 4) is 5.75 Å². The zero-order chi connectivity index (χ0) is 31.7. The lowest BCUT2D eigenvalue weighted by Crippen LogP contribution is -2.53. The maximum atomic E-state index is 14.5. The summed E-state index contributed by atoms with van der Waals surface area (Å²) in [7, 11) is 0. The third kappa shape index (κ3) is 8.11. The molecule has 0 bridgehead atoms. The third-order valence-corrected chi connectivity index (χ3v) is 7.43. The van der Waals surface area contributed by atoms with E-state index < -0.39 is 89.4 Å². The van der Waals surface area contributed by atoms with E-state index in [0.717, 1.165) is 17.0 Å². The molecule has 236 valence electrons. The normalized spacial score (nSPS) is 21.7. The van der Waals surface area contributed by atoms with Crippen LogP contribution in [0.25, 0.3) is 0 Å². The molecule has 2 aliphatic heterocycles. The average molecular weight is 626 g/mol. The van der Waals surface area contributed by atoms with E-state index in [9.17, 15) is 54.7 Å². The van der Waals surface area contributed by atoms with Gasteiger partial charge in [0.25, 0.3) is 0 Å². The molecule has 4 amide bonds. The molecule has 0 radical (unpaired) electrons. The first-order chi connectivity index (χ1) is 20.0. The van der Waals surface area contributed by atoms with E-state index in [1.165, 1.54) is 0 Å². The van der Waals surface area contributed by atoms with Crippen LogP contribution in [0.15, 0.2) is 18.2 Å². The van der Waals surface area contributed by atoms with Gasteiger partial charge in [-0.25, -0.2) is 4.39 Å². The Morgan fingerprint density at radius 3 is 2.37 bits per heavy atom. The third-order valence-electron chi connectivity index (χ3n) is 7.43. The molecule has 1 saturated carbocycles. The summed E-state index contributed by atoms with van der Waals surface area (Å²) < 4.78 is 96.9. The number of hydrogen-bond donors (Lipinski definition) is 3. The van der Waals surface area contributed by atoms with Crippen molar-refractivity contribution < 1.29 is 64.2 Å². The van der Waals surface area contributed by atoms with Crippen LogP contribution in [0.2, 0.25) is 0 Å². The summed E-state index contributed by atoms with van der Waals surface area (Å²) in [5, 5.41) is 6.66. The van der Waals surface area contributed by atoms with Crippen molar-refractivity contribution in [3.63, 3.8) is 0 Å². The largest absolute Gasteiger partial charge is 0.573 e. The van der Waals surface area contributed by atoms with Gasteiger partial charge in [-0.15, -0.1) is 26.3 Å². The maximum Gasteiger partial charge on any atom is 0.573 e. The topological polar surface area (TPSA) is 143 Å². The minimum atomic E-state index is -5.24. The molecular weight excluding hydrogens is 601 g/mol. The molecule has 0 aromatic heterocycles. The van der Waals surface area contributed by atoms with Gasteiger partial charge in [0.05, 0.1) is 11.7 Å². The predicted molar refractivity (Wildman–Crippen MR) is 128 cm³/mol. The number of benzene rings is 1. The Balaban J connectivity index is 1.48. The van der Waals surface area contributed by atoms with Crippen LogP contribution in [0.1, 0.15) is 32.1 Å².